The number of benzene rings is 2. The lowest BCUT2D eigenvalue weighted by Crippen LogP contribution is -2.09. The lowest BCUT2D eigenvalue weighted by atomic mass is 9.94. The van der Waals surface area contributed by atoms with Crippen LogP contribution in [-0.4, -0.2) is 17.5 Å². The number of alkyl halides is 1. The zero-order valence-electron chi connectivity index (χ0n) is 11.6. The molecule has 20 heavy (non-hydrogen) atoms. The van der Waals surface area contributed by atoms with Gasteiger partial charge in [-0.15, -0.1) is 0 Å². The average molecular weight is 335 g/mol. The Morgan fingerprint density at radius 1 is 1.05 bits per heavy atom. The van der Waals surface area contributed by atoms with Crippen LogP contribution in [0.3, 0.4) is 0 Å². The first-order valence-electron chi connectivity index (χ1n) is 6.68. The fraction of sp³-hybridized carbons (Fsp3) is 0.294. The van der Waals surface area contributed by atoms with Crippen molar-refractivity contribution in [1.29, 1.82) is 0 Å². The summed E-state index contributed by atoms with van der Waals surface area (Å²) in [5.41, 5.74) is 2.47. The molecule has 0 aliphatic heterocycles. The van der Waals surface area contributed by atoms with Crippen LogP contribution in [0.15, 0.2) is 48.5 Å². The fourth-order valence-corrected chi connectivity index (χ4v) is 2.75. The van der Waals surface area contributed by atoms with E-state index in [1.54, 1.807) is 13.2 Å². The van der Waals surface area contributed by atoms with Crippen molar-refractivity contribution in [2.75, 3.05) is 12.4 Å². The molecule has 1 N–H and O–H groups in total. The van der Waals surface area contributed by atoms with Gasteiger partial charge in [0.25, 0.3) is 0 Å². The van der Waals surface area contributed by atoms with E-state index in [9.17, 15) is 5.11 Å². The van der Waals surface area contributed by atoms with Crippen LogP contribution in [0.4, 0.5) is 0 Å². The molecule has 0 amide bonds. The molecule has 0 spiro atoms. The maximum atomic E-state index is 9.52. The fourth-order valence-electron chi connectivity index (χ4n) is 2.29. The number of ether oxygens (including phenoxy) is 1. The van der Waals surface area contributed by atoms with Gasteiger partial charge in [-0.2, -0.15) is 0 Å². The standard InChI is InChI=1S/C17H19BrO2/c1-20-17-7-5-13(6-8-17)9-15(12-18)10-14-3-2-4-16(19)11-14/h2-8,11,15,19H,9-10,12H2,1H3. The first-order chi connectivity index (χ1) is 9.71. The largest absolute Gasteiger partial charge is 0.508 e. The molecule has 0 aliphatic rings. The van der Waals surface area contributed by atoms with Gasteiger partial charge in [-0.25, -0.2) is 0 Å². The lowest BCUT2D eigenvalue weighted by molar-refractivity contribution is 0.414. The van der Waals surface area contributed by atoms with Gasteiger partial charge >= 0.3 is 0 Å². The summed E-state index contributed by atoms with van der Waals surface area (Å²) in [6, 6.07) is 15.7. The van der Waals surface area contributed by atoms with Crippen LogP contribution in [0.1, 0.15) is 11.1 Å². The Balaban J connectivity index is 2.01. The van der Waals surface area contributed by atoms with Gasteiger partial charge in [-0.3, -0.25) is 0 Å². The molecule has 106 valence electrons. The first-order valence-corrected chi connectivity index (χ1v) is 7.80. The van der Waals surface area contributed by atoms with Crippen molar-refractivity contribution in [2.24, 2.45) is 5.92 Å². The van der Waals surface area contributed by atoms with Crippen LogP contribution in [0.25, 0.3) is 0 Å². The predicted octanol–water partition coefficient (Wildman–Crippen LogP) is 4.20. The molecule has 0 saturated heterocycles. The third-order valence-electron chi connectivity index (χ3n) is 3.34. The molecule has 0 heterocycles. The molecule has 0 saturated carbocycles. The number of phenols is 1. The molecule has 2 rings (SSSR count). The molecule has 0 aliphatic carbocycles. The van der Waals surface area contributed by atoms with E-state index in [0.717, 1.165) is 23.9 Å². The number of rotatable bonds is 6. The second-order valence-corrected chi connectivity index (χ2v) is 5.59. The van der Waals surface area contributed by atoms with Crippen molar-refractivity contribution in [1.82, 2.24) is 0 Å². The highest BCUT2D eigenvalue weighted by atomic mass is 79.9. The second-order valence-electron chi connectivity index (χ2n) is 4.95. The van der Waals surface area contributed by atoms with Crippen molar-refractivity contribution < 1.29 is 9.84 Å². The summed E-state index contributed by atoms with van der Waals surface area (Å²) in [5, 5.41) is 10.5. The van der Waals surface area contributed by atoms with Crippen molar-refractivity contribution in [3.63, 3.8) is 0 Å². The lowest BCUT2D eigenvalue weighted by Gasteiger charge is -2.14. The Kier molecular flexibility index (Phi) is 5.48. The van der Waals surface area contributed by atoms with E-state index >= 15 is 0 Å². The van der Waals surface area contributed by atoms with Crippen molar-refractivity contribution >= 4 is 15.9 Å². The summed E-state index contributed by atoms with van der Waals surface area (Å²) < 4.78 is 5.17. The van der Waals surface area contributed by atoms with Gasteiger partial charge in [-0.05, 0) is 54.2 Å². The van der Waals surface area contributed by atoms with E-state index in [1.165, 1.54) is 11.1 Å². The molecular weight excluding hydrogens is 316 g/mol. The predicted molar refractivity (Wildman–Crippen MR) is 85.8 cm³/mol. The molecule has 2 aromatic carbocycles. The number of hydrogen-bond acceptors (Lipinski definition) is 2. The van der Waals surface area contributed by atoms with E-state index < -0.39 is 0 Å². The Bertz CT molecular complexity index is 537. The Labute approximate surface area is 128 Å². The van der Waals surface area contributed by atoms with E-state index in [-0.39, 0.29) is 0 Å². The molecule has 1 unspecified atom stereocenters. The van der Waals surface area contributed by atoms with Gasteiger partial charge in [0.1, 0.15) is 11.5 Å². The molecule has 0 bridgehead atoms. The topological polar surface area (TPSA) is 29.5 Å². The summed E-state index contributed by atoms with van der Waals surface area (Å²) in [5.74, 6) is 1.72. The summed E-state index contributed by atoms with van der Waals surface area (Å²) in [4.78, 5) is 0. The number of phenolic OH excluding ortho intramolecular Hbond substituents is 1. The minimum absolute atomic E-state index is 0.334. The van der Waals surface area contributed by atoms with Crippen LogP contribution in [0.5, 0.6) is 11.5 Å². The number of halogens is 1. The van der Waals surface area contributed by atoms with Gasteiger partial charge in [0, 0.05) is 5.33 Å². The molecular formula is C17H19BrO2. The highest BCUT2D eigenvalue weighted by Crippen LogP contribution is 2.21. The summed E-state index contributed by atoms with van der Waals surface area (Å²) >= 11 is 3.59. The van der Waals surface area contributed by atoms with Crippen LogP contribution in [-0.2, 0) is 12.8 Å². The van der Waals surface area contributed by atoms with Crippen molar-refractivity contribution in [3.05, 3.63) is 59.7 Å². The minimum Gasteiger partial charge on any atom is -0.508 e. The van der Waals surface area contributed by atoms with Crippen LogP contribution >= 0.6 is 15.9 Å². The van der Waals surface area contributed by atoms with Crippen molar-refractivity contribution in [3.8, 4) is 11.5 Å². The Hall–Kier alpha value is -1.48. The highest BCUT2D eigenvalue weighted by Gasteiger charge is 2.10. The monoisotopic (exact) mass is 334 g/mol. The third-order valence-corrected chi connectivity index (χ3v) is 4.25. The van der Waals surface area contributed by atoms with Crippen LogP contribution in [0, 0.1) is 5.92 Å². The van der Waals surface area contributed by atoms with Gasteiger partial charge in [0.15, 0.2) is 0 Å². The molecule has 0 fully saturated rings. The van der Waals surface area contributed by atoms with E-state index in [4.69, 9.17) is 4.74 Å². The Morgan fingerprint density at radius 3 is 2.35 bits per heavy atom. The average Bonchev–Trinajstić information content (AvgIpc) is 2.47. The van der Waals surface area contributed by atoms with E-state index in [0.29, 0.717) is 11.7 Å². The zero-order chi connectivity index (χ0) is 14.4. The third kappa shape index (κ3) is 4.27. The SMILES string of the molecule is COc1ccc(CC(CBr)Cc2cccc(O)c2)cc1. The normalized spacial score (nSPS) is 12.1. The number of hydrogen-bond donors (Lipinski definition) is 1. The van der Waals surface area contributed by atoms with Gasteiger partial charge in [0.05, 0.1) is 7.11 Å². The Morgan fingerprint density at radius 2 is 1.75 bits per heavy atom. The van der Waals surface area contributed by atoms with Gasteiger partial charge < -0.3 is 9.84 Å². The zero-order valence-corrected chi connectivity index (χ0v) is 13.1. The summed E-state index contributed by atoms with van der Waals surface area (Å²) in [6.45, 7) is 0. The second kappa shape index (κ2) is 7.34. The maximum absolute atomic E-state index is 9.52. The van der Waals surface area contributed by atoms with Crippen LogP contribution in [0.2, 0.25) is 0 Å². The number of aromatic hydroxyl groups is 1. The summed E-state index contributed by atoms with van der Waals surface area (Å²) in [6.07, 6.45) is 1.95. The molecule has 0 radical (unpaired) electrons. The van der Waals surface area contributed by atoms with Gasteiger partial charge in [0.2, 0.25) is 0 Å². The summed E-state index contributed by atoms with van der Waals surface area (Å²) in [7, 11) is 1.68. The highest BCUT2D eigenvalue weighted by molar-refractivity contribution is 9.09. The van der Waals surface area contributed by atoms with E-state index in [1.807, 2.05) is 24.3 Å². The molecule has 2 nitrogen and oxygen atoms in total. The van der Waals surface area contributed by atoms with Crippen LogP contribution < -0.4 is 4.74 Å². The van der Waals surface area contributed by atoms with E-state index in [2.05, 4.69) is 34.1 Å². The molecule has 2 aromatic rings. The smallest absolute Gasteiger partial charge is 0.118 e. The molecule has 1 atom stereocenters. The van der Waals surface area contributed by atoms with Crippen molar-refractivity contribution in [2.45, 2.75) is 12.8 Å². The van der Waals surface area contributed by atoms with Gasteiger partial charge in [-0.1, -0.05) is 40.2 Å². The molecule has 3 heteroatoms. The number of methoxy groups -OCH3 is 1. The quantitative estimate of drug-likeness (QED) is 0.802. The first kappa shape index (κ1) is 14.9. The molecule has 0 aromatic heterocycles. The minimum atomic E-state index is 0.334. The maximum Gasteiger partial charge on any atom is 0.118 e.